The smallest absolute Gasteiger partial charge is 0.407 e. The Kier molecular flexibility index (Phi) is 10.6. The van der Waals surface area contributed by atoms with Gasteiger partial charge >= 0.3 is 12.1 Å². The van der Waals surface area contributed by atoms with Gasteiger partial charge in [0.1, 0.15) is 19.0 Å². The Bertz CT molecular complexity index is 983. The molecular weight excluding hydrogens is 462 g/mol. The lowest BCUT2D eigenvalue weighted by molar-refractivity contribution is -0.150. The number of ether oxygens (including phenoxy) is 3. The molecule has 4 N–H and O–H groups in total. The van der Waals surface area contributed by atoms with Crippen LogP contribution >= 0.6 is 0 Å². The van der Waals surface area contributed by atoms with E-state index in [9.17, 15) is 14.4 Å². The highest BCUT2D eigenvalue weighted by molar-refractivity contribution is 5.83. The van der Waals surface area contributed by atoms with Gasteiger partial charge in [0.15, 0.2) is 0 Å². The summed E-state index contributed by atoms with van der Waals surface area (Å²) in [4.78, 5) is 37.0. The number of nitrogens with two attached hydrogens (primary N) is 1. The third-order valence-corrected chi connectivity index (χ3v) is 6.20. The Morgan fingerprint density at radius 2 is 1.67 bits per heavy atom. The molecule has 9 nitrogen and oxygen atoms in total. The molecule has 0 radical (unpaired) electrons. The molecule has 0 heterocycles. The molecule has 2 aromatic rings. The molecule has 2 aromatic carbocycles. The SMILES string of the molecule is COc1ccc(COC(=O)[C@@H]2CCC[C@@H]2NC(=O)[C@@H](N)CCCNC(=O)OCc2ccccc2)cc1. The highest BCUT2D eigenvalue weighted by Gasteiger charge is 2.35. The number of methoxy groups -OCH3 is 1. The van der Waals surface area contributed by atoms with Crippen LogP contribution in [0, 0.1) is 5.92 Å². The maximum absolute atomic E-state index is 12.6. The first-order chi connectivity index (χ1) is 17.5. The maximum Gasteiger partial charge on any atom is 0.407 e. The summed E-state index contributed by atoms with van der Waals surface area (Å²) in [5.74, 6) is -0.277. The number of esters is 1. The van der Waals surface area contributed by atoms with Gasteiger partial charge < -0.3 is 30.6 Å². The van der Waals surface area contributed by atoms with E-state index < -0.39 is 12.1 Å². The molecule has 2 amide bonds. The second-order valence-electron chi connectivity index (χ2n) is 8.85. The van der Waals surface area contributed by atoms with Crippen molar-refractivity contribution < 1.29 is 28.6 Å². The van der Waals surface area contributed by atoms with E-state index in [2.05, 4.69) is 10.6 Å². The number of benzene rings is 2. The van der Waals surface area contributed by atoms with Gasteiger partial charge in [-0.1, -0.05) is 48.9 Å². The molecular formula is C27H35N3O6. The molecule has 3 rings (SSSR count). The maximum atomic E-state index is 12.6. The minimum atomic E-state index is -0.733. The molecule has 0 aliphatic heterocycles. The van der Waals surface area contributed by atoms with Gasteiger partial charge in [0.2, 0.25) is 5.91 Å². The molecule has 1 aliphatic carbocycles. The van der Waals surface area contributed by atoms with Crippen LogP contribution < -0.4 is 21.1 Å². The molecule has 1 aliphatic rings. The van der Waals surface area contributed by atoms with Crippen molar-refractivity contribution in [3.63, 3.8) is 0 Å². The lowest BCUT2D eigenvalue weighted by atomic mass is 10.0. The van der Waals surface area contributed by atoms with Gasteiger partial charge in [-0.2, -0.15) is 0 Å². The van der Waals surface area contributed by atoms with E-state index in [4.69, 9.17) is 19.9 Å². The van der Waals surface area contributed by atoms with Gasteiger partial charge in [-0.15, -0.1) is 0 Å². The Hall–Kier alpha value is -3.59. The monoisotopic (exact) mass is 497 g/mol. The van der Waals surface area contributed by atoms with Crippen LogP contribution in [0.5, 0.6) is 5.75 Å². The zero-order valence-corrected chi connectivity index (χ0v) is 20.6. The van der Waals surface area contributed by atoms with E-state index in [-0.39, 0.29) is 37.0 Å². The minimum absolute atomic E-state index is 0.167. The fourth-order valence-corrected chi connectivity index (χ4v) is 4.11. The van der Waals surface area contributed by atoms with Crippen molar-refractivity contribution in [2.45, 2.75) is 57.4 Å². The Labute approximate surface area is 211 Å². The highest BCUT2D eigenvalue weighted by atomic mass is 16.5. The summed E-state index contributed by atoms with van der Waals surface area (Å²) in [5, 5.41) is 5.58. The van der Waals surface area contributed by atoms with Gasteiger partial charge in [0, 0.05) is 12.6 Å². The number of rotatable bonds is 12. The molecule has 36 heavy (non-hydrogen) atoms. The van der Waals surface area contributed by atoms with E-state index in [1.54, 1.807) is 7.11 Å². The van der Waals surface area contributed by atoms with Crippen molar-refractivity contribution in [2.75, 3.05) is 13.7 Å². The van der Waals surface area contributed by atoms with Crippen molar-refractivity contribution >= 4 is 18.0 Å². The first-order valence-electron chi connectivity index (χ1n) is 12.3. The standard InChI is InChI=1S/C27H35N3O6/c1-34-21-14-12-20(13-15-21)17-35-26(32)22-9-5-11-24(22)30-25(31)23(28)10-6-16-29-27(33)36-18-19-7-3-2-4-8-19/h2-4,7-8,12-15,22-24H,5-6,9-11,16-18,28H2,1H3,(H,29,33)(H,30,31)/t22-,23+,24+/m1/s1. The molecule has 3 atom stereocenters. The van der Waals surface area contributed by atoms with Crippen molar-refractivity contribution in [1.29, 1.82) is 0 Å². The number of amides is 2. The topological polar surface area (TPSA) is 129 Å². The molecule has 0 spiro atoms. The van der Waals surface area contributed by atoms with Gasteiger partial charge in [-0.05, 0) is 48.9 Å². The van der Waals surface area contributed by atoms with Crippen LogP contribution in [0.1, 0.15) is 43.2 Å². The van der Waals surface area contributed by atoms with Gasteiger partial charge in [-0.25, -0.2) is 4.79 Å². The highest BCUT2D eigenvalue weighted by Crippen LogP contribution is 2.27. The molecule has 0 saturated heterocycles. The second-order valence-corrected chi connectivity index (χ2v) is 8.85. The summed E-state index contributed by atoms with van der Waals surface area (Å²) >= 11 is 0. The number of hydrogen-bond acceptors (Lipinski definition) is 7. The van der Waals surface area contributed by atoms with E-state index in [1.165, 1.54) is 0 Å². The van der Waals surface area contributed by atoms with Crippen molar-refractivity contribution in [2.24, 2.45) is 11.7 Å². The third-order valence-electron chi connectivity index (χ3n) is 6.20. The molecule has 1 fully saturated rings. The zero-order valence-electron chi connectivity index (χ0n) is 20.6. The van der Waals surface area contributed by atoms with Crippen LogP contribution in [0.15, 0.2) is 54.6 Å². The Balaban J connectivity index is 1.33. The van der Waals surface area contributed by atoms with Gasteiger partial charge in [0.05, 0.1) is 19.1 Å². The van der Waals surface area contributed by atoms with Crippen molar-refractivity contribution in [3.05, 3.63) is 65.7 Å². The van der Waals surface area contributed by atoms with Crippen LogP contribution in [0.3, 0.4) is 0 Å². The fraction of sp³-hybridized carbons (Fsp3) is 0.444. The van der Waals surface area contributed by atoms with Crippen molar-refractivity contribution in [3.8, 4) is 5.75 Å². The number of hydrogen-bond donors (Lipinski definition) is 3. The number of carbonyl (C=O) groups excluding carboxylic acids is 3. The largest absolute Gasteiger partial charge is 0.497 e. The van der Waals surface area contributed by atoms with Gasteiger partial charge in [0.25, 0.3) is 0 Å². The number of alkyl carbamates (subject to hydrolysis) is 1. The molecule has 0 bridgehead atoms. The second kappa shape index (κ2) is 14.1. The summed E-state index contributed by atoms with van der Waals surface area (Å²) in [6.45, 7) is 0.707. The van der Waals surface area contributed by atoms with E-state index in [1.807, 2.05) is 54.6 Å². The van der Waals surface area contributed by atoms with Crippen LogP contribution in [0.4, 0.5) is 4.79 Å². The van der Waals surface area contributed by atoms with E-state index in [0.717, 1.165) is 23.3 Å². The summed E-state index contributed by atoms with van der Waals surface area (Å²) in [7, 11) is 1.59. The third kappa shape index (κ3) is 8.57. The molecule has 9 heteroatoms. The predicted octanol–water partition coefficient (Wildman–Crippen LogP) is 3.06. The predicted molar refractivity (Wildman–Crippen MR) is 134 cm³/mol. The van der Waals surface area contributed by atoms with Gasteiger partial charge in [-0.3, -0.25) is 9.59 Å². The van der Waals surface area contributed by atoms with E-state index >= 15 is 0 Å². The normalized spacial score (nSPS) is 17.6. The van der Waals surface area contributed by atoms with Crippen LogP contribution in [-0.2, 0) is 32.3 Å². The summed E-state index contributed by atoms with van der Waals surface area (Å²) in [6, 6.07) is 15.7. The van der Waals surface area contributed by atoms with Crippen LogP contribution in [0.2, 0.25) is 0 Å². The Morgan fingerprint density at radius 1 is 0.972 bits per heavy atom. The van der Waals surface area contributed by atoms with Crippen LogP contribution in [-0.4, -0.2) is 43.7 Å². The first kappa shape index (κ1) is 27.0. The molecule has 1 saturated carbocycles. The molecule has 0 unspecified atom stereocenters. The zero-order chi connectivity index (χ0) is 25.8. The number of nitrogens with one attached hydrogen (secondary N) is 2. The average Bonchev–Trinajstić information content (AvgIpc) is 3.37. The molecule has 194 valence electrons. The first-order valence-corrected chi connectivity index (χ1v) is 12.3. The minimum Gasteiger partial charge on any atom is -0.497 e. The van der Waals surface area contributed by atoms with E-state index in [0.29, 0.717) is 32.2 Å². The van der Waals surface area contributed by atoms with Crippen LogP contribution in [0.25, 0.3) is 0 Å². The van der Waals surface area contributed by atoms with Crippen molar-refractivity contribution in [1.82, 2.24) is 10.6 Å². The number of carbonyl (C=O) groups is 3. The fourth-order valence-electron chi connectivity index (χ4n) is 4.11. The summed E-state index contributed by atoms with van der Waals surface area (Å²) < 4.78 is 15.8. The quantitative estimate of drug-likeness (QED) is 0.304. The molecule has 0 aromatic heterocycles. The lowest BCUT2D eigenvalue weighted by Crippen LogP contribution is -2.48. The summed E-state index contributed by atoms with van der Waals surface area (Å²) in [5.41, 5.74) is 7.81. The average molecular weight is 498 g/mol. The summed E-state index contributed by atoms with van der Waals surface area (Å²) in [6.07, 6.45) is 2.60. The lowest BCUT2D eigenvalue weighted by Gasteiger charge is -2.22. The Morgan fingerprint density at radius 3 is 2.39 bits per heavy atom.